The van der Waals surface area contributed by atoms with Crippen molar-refractivity contribution >= 4 is 28.1 Å². The number of carbonyl (C=O) groups excluding carboxylic acids is 1. The first-order chi connectivity index (χ1) is 10.5. The van der Waals surface area contributed by atoms with Crippen LogP contribution in [0.15, 0.2) is 50.6 Å². The number of nitrogens with one attached hydrogen (secondary N) is 1. The highest BCUT2D eigenvalue weighted by Gasteiger charge is 2.03. The van der Waals surface area contributed by atoms with Crippen molar-refractivity contribution < 1.29 is 13.9 Å². The SMILES string of the molecule is CC(C)c1ccc(OCC(=O)N/N=C/c2ccc(Br)o2)cc1. The molecule has 0 unspecified atom stereocenters. The summed E-state index contributed by atoms with van der Waals surface area (Å²) >= 11 is 3.18. The van der Waals surface area contributed by atoms with Crippen molar-refractivity contribution in [3.05, 3.63) is 52.4 Å². The molecule has 2 aromatic rings. The van der Waals surface area contributed by atoms with Crippen molar-refractivity contribution in [2.24, 2.45) is 5.10 Å². The summed E-state index contributed by atoms with van der Waals surface area (Å²) in [5.41, 5.74) is 3.60. The lowest BCUT2D eigenvalue weighted by Crippen LogP contribution is -2.24. The van der Waals surface area contributed by atoms with Crippen LogP contribution in [0.25, 0.3) is 0 Å². The summed E-state index contributed by atoms with van der Waals surface area (Å²) < 4.78 is 11.2. The van der Waals surface area contributed by atoms with Crippen LogP contribution in [0.4, 0.5) is 0 Å². The molecule has 0 saturated carbocycles. The Morgan fingerprint density at radius 2 is 2.05 bits per heavy atom. The number of carbonyl (C=O) groups is 1. The van der Waals surface area contributed by atoms with E-state index in [-0.39, 0.29) is 12.5 Å². The van der Waals surface area contributed by atoms with Gasteiger partial charge >= 0.3 is 0 Å². The molecule has 0 bridgehead atoms. The van der Waals surface area contributed by atoms with Crippen molar-refractivity contribution in [3.8, 4) is 5.75 Å². The van der Waals surface area contributed by atoms with Gasteiger partial charge < -0.3 is 9.15 Å². The summed E-state index contributed by atoms with van der Waals surface area (Å²) in [5.74, 6) is 1.32. The quantitative estimate of drug-likeness (QED) is 0.627. The molecule has 5 nitrogen and oxygen atoms in total. The maximum atomic E-state index is 11.6. The molecule has 0 fully saturated rings. The molecule has 2 rings (SSSR count). The van der Waals surface area contributed by atoms with Crippen LogP contribution in [-0.4, -0.2) is 18.7 Å². The fourth-order valence-corrected chi connectivity index (χ4v) is 2.01. The normalized spacial score (nSPS) is 11.1. The van der Waals surface area contributed by atoms with Crippen molar-refractivity contribution in [2.75, 3.05) is 6.61 Å². The summed E-state index contributed by atoms with van der Waals surface area (Å²) in [6.45, 7) is 4.15. The molecular formula is C16H17BrN2O3. The van der Waals surface area contributed by atoms with Crippen LogP contribution >= 0.6 is 15.9 Å². The fourth-order valence-electron chi connectivity index (χ4n) is 1.70. The average molecular weight is 365 g/mol. The van der Waals surface area contributed by atoms with Crippen molar-refractivity contribution in [2.45, 2.75) is 19.8 Å². The molecule has 1 heterocycles. The fraction of sp³-hybridized carbons (Fsp3) is 0.250. The van der Waals surface area contributed by atoms with Gasteiger partial charge in [-0.3, -0.25) is 4.79 Å². The minimum absolute atomic E-state index is 0.0970. The van der Waals surface area contributed by atoms with Crippen LogP contribution in [0.2, 0.25) is 0 Å². The Morgan fingerprint density at radius 3 is 2.64 bits per heavy atom. The van der Waals surface area contributed by atoms with Gasteiger partial charge in [-0.2, -0.15) is 5.10 Å². The Bertz CT molecular complexity index is 648. The third-order valence-corrected chi connectivity index (χ3v) is 3.32. The van der Waals surface area contributed by atoms with Crippen molar-refractivity contribution in [3.63, 3.8) is 0 Å². The molecule has 0 spiro atoms. The standard InChI is InChI=1S/C16H17BrN2O3/c1-11(2)12-3-5-13(6-4-12)21-10-16(20)19-18-9-14-7-8-15(17)22-14/h3-9,11H,10H2,1-2H3,(H,19,20)/b18-9+. The number of amides is 1. The van der Waals surface area contributed by atoms with E-state index in [1.807, 2.05) is 24.3 Å². The molecule has 0 aliphatic carbocycles. The molecule has 0 aliphatic heterocycles. The molecular weight excluding hydrogens is 348 g/mol. The lowest BCUT2D eigenvalue weighted by Gasteiger charge is -2.08. The van der Waals surface area contributed by atoms with Crippen LogP contribution in [0, 0.1) is 0 Å². The highest BCUT2D eigenvalue weighted by atomic mass is 79.9. The van der Waals surface area contributed by atoms with Crippen LogP contribution < -0.4 is 10.2 Å². The summed E-state index contributed by atoms with van der Waals surface area (Å²) in [6, 6.07) is 11.2. The molecule has 116 valence electrons. The van der Waals surface area contributed by atoms with Crippen molar-refractivity contribution in [1.29, 1.82) is 0 Å². The van der Waals surface area contributed by atoms with Gasteiger partial charge in [0.15, 0.2) is 11.3 Å². The van der Waals surface area contributed by atoms with Gasteiger partial charge in [0, 0.05) is 0 Å². The van der Waals surface area contributed by atoms with E-state index in [0.29, 0.717) is 22.1 Å². The number of nitrogens with zero attached hydrogens (tertiary/aromatic N) is 1. The molecule has 1 aromatic carbocycles. The van der Waals surface area contributed by atoms with E-state index in [0.717, 1.165) is 0 Å². The van der Waals surface area contributed by atoms with E-state index in [1.165, 1.54) is 11.8 Å². The molecule has 0 radical (unpaired) electrons. The van der Waals surface area contributed by atoms with Gasteiger partial charge in [-0.15, -0.1) is 0 Å². The summed E-state index contributed by atoms with van der Waals surface area (Å²) in [6.07, 6.45) is 1.42. The van der Waals surface area contributed by atoms with E-state index in [4.69, 9.17) is 9.15 Å². The number of benzene rings is 1. The van der Waals surface area contributed by atoms with Crippen LogP contribution in [-0.2, 0) is 4.79 Å². The van der Waals surface area contributed by atoms with Gasteiger partial charge in [0.2, 0.25) is 0 Å². The van der Waals surface area contributed by atoms with E-state index in [1.54, 1.807) is 12.1 Å². The number of hydrogen-bond acceptors (Lipinski definition) is 4. The first-order valence-electron chi connectivity index (χ1n) is 6.84. The lowest BCUT2D eigenvalue weighted by molar-refractivity contribution is -0.123. The smallest absolute Gasteiger partial charge is 0.277 e. The summed E-state index contributed by atoms with van der Waals surface area (Å²) in [5, 5.41) is 3.79. The number of halogens is 1. The van der Waals surface area contributed by atoms with Gasteiger partial charge in [-0.1, -0.05) is 26.0 Å². The highest BCUT2D eigenvalue weighted by molar-refractivity contribution is 9.10. The van der Waals surface area contributed by atoms with Gasteiger partial charge in [-0.05, 0) is 51.7 Å². The zero-order chi connectivity index (χ0) is 15.9. The second-order valence-electron chi connectivity index (χ2n) is 4.95. The molecule has 0 atom stereocenters. The largest absolute Gasteiger partial charge is 0.484 e. The third-order valence-electron chi connectivity index (χ3n) is 2.89. The molecule has 0 saturated heterocycles. The number of rotatable bonds is 6. The van der Waals surface area contributed by atoms with Crippen LogP contribution in [0.5, 0.6) is 5.75 Å². The summed E-state index contributed by atoms with van der Waals surface area (Å²) in [4.78, 5) is 11.6. The average Bonchev–Trinajstić information content (AvgIpc) is 2.91. The molecule has 0 aliphatic rings. The maximum Gasteiger partial charge on any atom is 0.277 e. The zero-order valence-electron chi connectivity index (χ0n) is 12.4. The van der Waals surface area contributed by atoms with E-state index >= 15 is 0 Å². The Morgan fingerprint density at radius 1 is 1.32 bits per heavy atom. The molecule has 1 aromatic heterocycles. The van der Waals surface area contributed by atoms with Crippen LogP contribution in [0.3, 0.4) is 0 Å². The van der Waals surface area contributed by atoms with E-state index in [9.17, 15) is 4.79 Å². The van der Waals surface area contributed by atoms with Crippen molar-refractivity contribution in [1.82, 2.24) is 5.43 Å². The minimum Gasteiger partial charge on any atom is -0.484 e. The third kappa shape index (κ3) is 5.04. The van der Waals surface area contributed by atoms with Gasteiger partial charge in [0.05, 0.1) is 6.21 Å². The topological polar surface area (TPSA) is 63.8 Å². The lowest BCUT2D eigenvalue weighted by atomic mass is 10.0. The second-order valence-corrected chi connectivity index (χ2v) is 5.73. The second kappa shape index (κ2) is 7.79. The monoisotopic (exact) mass is 364 g/mol. The first kappa shape index (κ1) is 16.3. The summed E-state index contributed by atoms with van der Waals surface area (Å²) in [7, 11) is 0. The Labute approximate surface area is 137 Å². The highest BCUT2D eigenvalue weighted by Crippen LogP contribution is 2.18. The number of furan rings is 1. The van der Waals surface area contributed by atoms with Gasteiger partial charge in [0.1, 0.15) is 11.5 Å². The predicted molar refractivity (Wildman–Crippen MR) is 88.2 cm³/mol. The van der Waals surface area contributed by atoms with E-state index in [2.05, 4.69) is 40.3 Å². The molecule has 1 N–H and O–H groups in total. The minimum atomic E-state index is -0.338. The number of ether oxygens (including phenoxy) is 1. The molecule has 6 heteroatoms. The Balaban J connectivity index is 1.76. The predicted octanol–water partition coefficient (Wildman–Crippen LogP) is 3.69. The van der Waals surface area contributed by atoms with Gasteiger partial charge in [0.25, 0.3) is 5.91 Å². The maximum absolute atomic E-state index is 11.6. The van der Waals surface area contributed by atoms with E-state index < -0.39 is 0 Å². The Kier molecular flexibility index (Phi) is 5.77. The molecule has 1 amide bonds. The van der Waals surface area contributed by atoms with Crippen LogP contribution in [0.1, 0.15) is 31.1 Å². The van der Waals surface area contributed by atoms with Gasteiger partial charge in [-0.25, -0.2) is 5.43 Å². The zero-order valence-corrected chi connectivity index (χ0v) is 14.0. The number of hydrazone groups is 1. The molecule has 22 heavy (non-hydrogen) atoms. The Hall–Kier alpha value is -2.08. The number of hydrogen-bond donors (Lipinski definition) is 1. The first-order valence-corrected chi connectivity index (χ1v) is 7.64.